The largest absolute Gasteiger partial charge is 0.494 e. The van der Waals surface area contributed by atoms with Crippen molar-refractivity contribution in [2.45, 2.75) is 17.9 Å². The Bertz CT molecular complexity index is 907. The van der Waals surface area contributed by atoms with E-state index < -0.39 is 15.8 Å². The summed E-state index contributed by atoms with van der Waals surface area (Å²) in [5.74, 6) is 0.199. The summed E-state index contributed by atoms with van der Waals surface area (Å²) in [6, 6.07) is 7.52. The van der Waals surface area contributed by atoms with Gasteiger partial charge in [-0.3, -0.25) is 9.98 Å². The molecule has 0 saturated carbocycles. The number of benzene rings is 1. The van der Waals surface area contributed by atoms with Gasteiger partial charge in [-0.05, 0) is 36.8 Å². The van der Waals surface area contributed by atoms with E-state index in [1.165, 1.54) is 31.6 Å². The third-order valence-electron chi connectivity index (χ3n) is 3.91. The van der Waals surface area contributed by atoms with Crippen molar-refractivity contribution in [3.8, 4) is 5.75 Å². The molecule has 28 heavy (non-hydrogen) atoms. The second-order valence-corrected chi connectivity index (χ2v) is 7.61. The summed E-state index contributed by atoms with van der Waals surface area (Å²) < 4.78 is 45.5. The van der Waals surface area contributed by atoms with Gasteiger partial charge in [-0.1, -0.05) is 6.07 Å². The second kappa shape index (κ2) is 10.00. The van der Waals surface area contributed by atoms with E-state index in [1.54, 1.807) is 25.2 Å². The molecule has 152 valence electrons. The number of hydrogen-bond donors (Lipinski definition) is 3. The van der Waals surface area contributed by atoms with Crippen LogP contribution in [-0.4, -0.2) is 46.6 Å². The van der Waals surface area contributed by atoms with E-state index in [0.29, 0.717) is 12.5 Å². The smallest absolute Gasteiger partial charge is 0.242 e. The van der Waals surface area contributed by atoms with E-state index in [1.807, 2.05) is 6.92 Å². The highest BCUT2D eigenvalue weighted by Crippen LogP contribution is 2.21. The van der Waals surface area contributed by atoms with Crippen molar-refractivity contribution in [1.29, 1.82) is 0 Å². The zero-order valence-electron chi connectivity index (χ0n) is 15.9. The van der Waals surface area contributed by atoms with Crippen LogP contribution in [0.3, 0.4) is 0 Å². The lowest BCUT2D eigenvalue weighted by Gasteiger charge is -2.19. The van der Waals surface area contributed by atoms with E-state index in [4.69, 9.17) is 4.74 Å². The number of guanidine groups is 1. The topological polar surface area (TPSA) is 105 Å². The first-order valence-corrected chi connectivity index (χ1v) is 10.1. The van der Waals surface area contributed by atoms with E-state index in [9.17, 15) is 12.8 Å². The quantitative estimate of drug-likeness (QED) is 0.346. The molecule has 0 spiro atoms. The van der Waals surface area contributed by atoms with Gasteiger partial charge in [-0.15, -0.1) is 0 Å². The number of nitrogens with one attached hydrogen (secondary N) is 3. The standard InChI is InChI=1S/C18H24FN5O3S/c1-13(14-6-7-17(27-3)16(19)11-14)24-18(20-2)22-9-10-23-28(25,26)15-5-4-8-21-12-15/h4-8,11-13,23H,9-10H2,1-3H3,(H2,20,22,24). The Morgan fingerprint density at radius 3 is 2.71 bits per heavy atom. The van der Waals surface area contributed by atoms with Crippen LogP contribution in [0.15, 0.2) is 52.6 Å². The van der Waals surface area contributed by atoms with Crippen molar-refractivity contribution < 1.29 is 17.5 Å². The number of pyridine rings is 1. The minimum absolute atomic E-state index is 0.104. The van der Waals surface area contributed by atoms with Crippen LogP contribution in [0.1, 0.15) is 18.5 Å². The molecule has 1 heterocycles. The molecule has 8 nitrogen and oxygen atoms in total. The van der Waals surface area contributed by atoms with Crippen LogP contribution >= 0.6 is 0 Å². The molecule has 1 unspecified atom stereocenters. The summed E-state index contributed by atoms with van der Waals surface area (Å²) >= 11 is 0. The molecule has 2 aromatic rings. The summed E-state index contributed by atoms with van der Waals surface area (Å²) in [5.41, 5.74) is 0.721. The summed E-state index contributed by atoms with van der Waals surface area (Å²) in [6.45, 7) is 2.32. The van der Waals surface area contributed by atoms with Crippen LogP contribution in [0, 0.1) is 5.82 Å². The summed E-state index contributed by atoms with van der Waals surface area (Å²) in [5, 5.41) is 6.13. The molecular formula is C18H24FN5O3S. The van der Waals surface area contributed by atoms with Gasteiger partial charge < -0.3 is 15.4 Å². The number of sulfonamides is 1. The molecule has 0 aliphatic carbocycles. The average molecular weight is 409 g/mol. The SMILES string of the molecule is CN=C(NCCNS(=O)(=O)c1cccnc1)NC(C)c1ccc(OC)c(F)c1. The number of aromatic nitrogens is 1. The zero-order valence-corrected chi connectivity index (χ0v) is 16.8. The monoisotopic (exact) mass is 409 g/mol. The maximum absolute atomic E-state index is 13.9. The fourth-order valence-corrected chi connectivity index (χ4v) is 3.39. The van der Waals surface area contributed by atoms with Crippen LogP contribution < -0.4 is 20.1 Å². The Morgan fingerprint density at radius 1 is 1.32 bits per heavy atom. The second-order valence-electron chi connectivity index (χ2n) is 5.85. The minimum atomic E-state index is -3.61. The highest BCUT2D eigenvalue weighted by atomic mass is 32.2. The lowest BCUT2D eigenvalue weighted by Crippen LogP contribution is -2.42. The highest BCUT2D eigenvalue weighted by Gasteiger charge is 2.14. The Hall–Kier alpha value is -2.72. The first-order valence-electron chi connectivity index (χ1n) is 8.57. The predicted octanol–water partition coefficient (Wildman–Crippen LogP) is 1.43. The van der Waals surface area contributed by atoms with Crippen molar-refractivity contribution in [3.05, 3.63) is 54.1 Å². The predicted molar refractivity (Wildman–Crippen MR) is 105 cm³/mol. The van der Waals surface area contributed by atoms with Crippen LogP contribution in [0.25, 0.3) is 0 Å². The van der Waals surface area contributed by atoms with Gasteiger partial charge in [0.25, 0.3) is 0 Å². The van der Waals surface area contributed by atoms with Crippen molar-refractivity contribution in [3.63, 3.8) is 0 Å². The molecule has 10 heteroatoms. The molecule has 3 N–H and O–H groups in total. The maximum atomic E-state index is 13.9. The van der Waals surface area contributed by atoms with E-state index >= 15 is 0 Å². The first kappa shape index (κ1) is 21.6. The molecule has 1 atom stereocenters. The molecule has 2 rings (SSSR count). The molecule has 0 fully saturated rings. The Morgan fingerprint density at radius 2 is 2.11 bits per heavy atom. The molecular weight excluding hydrogens is 385 g/mol. The number of halogens is 1. The van der Waals surface area contributed by atoms with Crippen molar-refractivity contribution >= 4 is 16.0 Å². The maximum Gasteiger partial charge on any atom is 0.242 e. The molecule has 0 bridgehead atoms. The summed E-state index contributed by atoms with van der Waals surface area (Å²) in [6.07, 6.45) is 2.79. The van der Waals surface area contributed by atoms with E-state index in [-0.39, 0.29) is 23.2 Å². The summed E-state index contributed by atoms with van der Waals surface area (Å²) in [4.78, 5) is 8.00. The molecule has 0 radical (unpaired) electrons. The lowest BCUT2D eigenvalue weighted by molar-refractivity contribution is 0.386. The van der Waals surface area contributed by atoms with Gasteiger partial charge in [0.1, 0.15) is 4.90 Å². The van der Waals surface area contributed by atoms with Gasteiger partial charge in [0, 0.05) is 32.5 Å². The number of hydrogen-bond acceptors (Lipinski definition) is 5. The fourth-order valence-electron chi connectivity index (χ4n) is 2.39. The van der Waals surface area contributed by atoms with Crippen molar-refractivity contribution in [2.24, 2.45) is 4.99 Å². The van der Waals surface area contributed by atoms with Crippen LogP contribution in [-0.2, 0) is 10.0 Å². The number of methoxy groups -OCH3 is 1. The molecule has 1 aromatic heterocycles. The molecule has 1 aromatic carbocycles. The molecule has 0 aliphatic rings. The van der Waals surface area contributed by atoms with Crippen LogP contribution in [0.4, 0.5) is 4.39 Å². The molecule has 0 amide bonds. The Balaban J connectivity index is 1.85. The lowest BCUT2D eigenvalue weighted by atomic mass is 10.1. The molecule has 0 saturated heterocycles. The van der Waals surface area contributed by atoms with Gasteiger partial charge in [0.15, 0.2) is 17.5 Å². The van der Waals surface area contributed by atoms with Gasteiger partial charge in [-0.25, -0.2) is 17.5 Å². The third-order valence-corrected chi connectivity index (χ3v) is 5.35. The molecule has 0 aliphatic heterocycles. The van der Waals surface area contributed by atoms with E-state index in [2.05, 4.69) is 25.3 Å². The summed E-state index contributed by atoms with van der Waals surface area (Å²) in [7, 11) is -0.604. The average Bonchev–Trinajstić information content (AvgIpc) is 2.70. The van der Waals surface area contributed by atoms with Gasteiger partial charge >= 0.3 is 0 Å². The number of ether oxygens (including phenoxy) is 1. The highest BCUT2D eigenvalue weighted by molar-refractivity contribution is 7.89. The Labute approximate surface area is 164 Å². The van der Waals surface area contributed by atoms with Crippen molar-refractivity contribution in [2.75, 3.05) is 27.2 Å². The fraction of sp³-hybridized carbons (Fsp3) is 0.333. The van der Waals surface area contributed by atoms with E-state index in [0.717, 1.165) is 5.56 Å². The third kappa shape index (κ3) is 5.89. The zero-order chi connectivity index (χ0) is 20.6. The van der Waals surface area contributed by atoms with Gasteiger partial charge in [0.2, 0.25) is 10.0 Å². The number of nitrogens with zero attached hydrogens (tertiary/aromatic N) is 2. The van der Waals surface area contributed by atoms with Gasteiger partial charge in [0.05, 0.1) is 13.2 Å². The van der Waals surface area contributed by atoms with Gasteiger partial charge in [-0.2, -0.15) is 0 Å². The minimum Gasteiger partial charge on any atom is -0.494 e. The van der Waals surface area contributed by atoms with Crippen LogP contribution in [0.2, 0.25) is 0 Å². The normalized spacial score (nSPS) is 13.1. The first-order chi connectivity index (χ1) is 13.4. The van der Waals surface area contributed by atoms with Crippen LogP contribution in [0.5, 0.6) is 5.75 Å². The van der Waals surface area contributed by atoms with Crippen molar-refractivity contribution in [1.82, 2.24) is 20.3 Å². The Kier molecular flexibility index (Phi) is 7.70. The number of rotatable bonds is 8. The number of aliphatic imine (C=N–C) groups is 1.